The van der Waals surface area contributed by atoms with Crippen LogP contribution in [0.15, 0.2) is 22.6 Å². The minimum Gasteiger partial charge on any atom is -0.419 e. The van der Waals surface area contributed by atoms with Crippen molar-refractivity contribution < 1.29 is 9.52 Å². The molecule has 1 aromatic carbocycles. The van der Waals surface area contributed by atoms with Crippen molar-refractivity contribution in [2.24, 2.45) is 0 Å². The summed E-state index contributed by atoms with van der Waals surface area (Å²) in [6, 6.07) is 6.15. The van der Waals surface area contributed by atoms with Crippen LogP contribution in [0.3, 0.4) is 0 Å². The third-order valence-corrected chi connectivity index (χ3v) is 4.11. The Kier molecular flexibility index (Phi) is 5.32. The zero-order valence-electron chi connectivity index (χ0n) is 14.0. The van der Waals surface area contributed by atoms with E-state index in [0.29, 0.717) is 11.8 Å². The predicted molar refractivity (Wildman–Crippen MR) is 86.6 cm³/mol. The van der Waals surface area contributed by atoms with Crippen LogP contribution in [0.1, 0.15) is 43.3 Å². The van der Waals surface area contributed by atoms with Gasteiger partial charge in [0.25, 0.3) is 0 Å². The van der Waals surface area contributed by atoms with Gasteiger partial charge >= 0.3 is 0 Å². The molecular formula is C17H25N3O2. The number of aryl methyl sites for hydroxylation is 2. The molecule has 0 amide bonds. The fourth-order valence-corrected chi connectivity index (χ4v) is 2.17. The highest BCUT2D eigenvalue weighted by atomic mass is 16.4. The smallest absolute Gasteiger partial charge is 0.247 e. The van der Waals surface area contributed by atoms with E-state index < -0.39 is 0 Å². The number of aliphatic hydroxyl groups excluding tert-OH is 1. The van der Waals surface area contributed by atoms with Crippen LogP contribution >= 0.6 is 0 Å². The van der Waals surface area contributed by atoms with E-state index in [1.165, 1.54) is 11.1 Å². The van der Waals surface area contributed by atoms with Gasteiger partial charge in [0.2, 0.25) is 11.8 Å². The SMILES string of the molecule is Cc1ccc(-c2nnc(C(C)N(C)CCC(C)O)o2)cc1C. The fourth-order valence-electron chi connectivity index (χ4n) is 2.17. The molecule has 0 aliphatic rings. The van der Waals surface area contributed by atoms with Crippen molar-refractivity contribution in [3.8, 4) is 11.5 Å². The van der Waals surface area contributed by atoms with Crippen molar-refractivity contribution in [2.45, 2.75) is 46.3 Å². The van der Waals surface area contributed by atoms with Crippen LogP contribution in [-0.4, -0.2) is 39.9 Å². The molecule has 2 unspecified atom stereocenters. The molecule has 22 heavy (non-hydrogen) atoms. The van der Waals surface area contributed by atoms with Gasteiger partial charge in [0.1, 0.15) is 0 Å². The lowest BCUT2D eigenvalue weighted by molar-refractivity contribution is 0.146. The first-order valence-electron chi connectivity index (χ1n) is 7.67. The fraction of sp³-hybridized carbons (Fsp3) is 0.529. The Morgan fingerprint density at radius 3 is 2.55 bits per heavy atom. The van der Waals surface area contributed by atoms with Crippen LogP contribution in [0.25, 0.3) is 11.5 Å². The van der Waals surface area contributed by atoms with Crippen LogP contribution < -0.4 is 0 Å². The van der Waals surface area contributed by atoms with Crippen LogP contribution in [-0.2, 0) is 0 Å². The van der Waals surface area contributed by atoms with Gasteiger partial charge in [-0.05, 0) is 64.4 Å². The monoisotopic (exact) mass is 303 g/mol. The molecule has 1 aromatic heterocycles. The van der Waals surface area contributed by atoms with Gasteiger partial charge in [-0.15, -0.1) is 10.2 Å². The van der Waals surface area contributed by atoms with E-state index >= 15 is 0 Å². The second-order valence-electron chi connectivity index (χ2n) is 6.04. The Bertz CT molecular complexity index is 622. The van der Waals surface area contributed by atoms with Crippen molar-refractivity contribution in [1.29, 1.82) is 0 Å². The summed E-state index contributed by atoms with van der Waals surface area (Å²) in [5, 5.41) is 17.7. The Labute approximate surface area is 132 Å². The van der Waals surface area contributed by atoms with Gasteiger partial charge in [0.05, 0.1) is 12.1 Å². The molecule has 2 rings (SSSR count). The number of rotatable bonds is 6. The molecule has 0 aliphatic carbocycles. The van der Waals surface area contributed by atoms with Gasteiger partial charge in [-0.3, -0.25) is 4.90 Å². The summed E-state index contributed by atoms with van der Waals surface area (Å²) in [6.45, 7) is 8.75. The van der Waals surface area contributed by atoms with Crippen molar-refractivity contribution in [1.82, 2.24) is 15.1 Å². The number of aliphatic hydroxyl groups is 1. The summed E-state index contributed by atoms with van der Waals surface area (Å²) in [5.41, 5.74) is 3.40. The summed E-state index contributed by atoms with van der Waals surface area (Å²) < 4.78 is 5.83. The molecule has 0 spiro atoms. The maximum atomic E-state index is 9.38. The van der Waals surface area contributed by atoms with E-state index in [9.17, 15) is 5.11 Å². The van der Waals surface area contributed by atoms with Crippen LogP contribution in [0.4, 0.5) is 0 Å². The van der Waals surface area contributed by atoms with E-state index in [1.54, 1.807) is 6.92 Å². The zero-order valence-corrected chi connectivity index (χ0v) is 14.0. The van der Waals surface area contributed by atoms with E-state index in [0.717, 1.165) is 18.5 Å². The van der Waals surface area contributed by atoms with Crippen LogP contribution in [0.5, 0.6) is 0 Å². The van der Waals surface area contributed by atoms with Gasteiger partial charge in [-0.2, -0.15) is 0 Å². The number of aromatic nitrogens is 2. The summed E-state index contributed by atoms with van der Waals surface area (Å²) in [7, 11) is 1.99. The second-order valence-corrected chi connectivity index (χ2v) is 6.04. The number of benzene rings is 1. The lowest BCUT2D eigenvalue weighted by Gasteiger charge is -2.22. The molecule has 0 saturated carbocycles. The standard InChI is InChI=1S/C17H25N3O2/c1-11-6-7-15(10-12(11)2)17-19-18-16(22-17)14(4)20(5)9-8-13(3)21/h6-7,10,13-14,21H,8-9H2,1-5H3. The first-order chi connectivity index (χ1) is 10.4. The topological polar surface area (TPSA) is 62.4 Å². The van der Waals surface area contributed by atoms with Crippen LogP contribution in [0.2, 0.25) is 0 Å². The molecule has 0 fully saturated rings. The zero-order chi connectivity index (χ0) is 16.3. The molecule has 5 heteroatoms. The molecule has 0 bridgehead atoms. The average Bonchev–Trinajstić information content (AvgIpc) is 2.96. The maximum Gasteiger partial charge on any atom is 0.247 e. The van der Waals surface area contributed by atoms with E-state index in [4.69, 9.17) is 4.42 Å². The minimum atomic E-state index is -0.302. The first kappa shape index (κ1) is 16.6. The van der Waals surface area contributed by atoms with E-state index in [-0.39, 0.29) is 12.1 Å². The minimum absolute atomic E-state index is 0.0199. The molecule has 0 aliphatic heterocycles. The van der Waals surface area contributed by atoms with Gasteiger partial charge in [-0.1, -0.05) is 6.07 Å². The Balaban J connectivity index is 2.11. The summed E-state index contributed by atoms with van der Waals surface area (Å²) in [6.07, 6.45) is 0.419. The van der Waals surface area contributed by atoms with Crippen molar-refractivity contribution in [3.63, 3.8) is 0 Å². The van der Waals surface area contributed by atoms with Crippen molar-refractivity contribution in [3.05, 3.63) is 35.2 Å². The highest BCUT2D eigenvalue weighted by Crippen LogP contribution is 2.24. The third-order valence-electron chi connectivity index (χ3n) is 4.11. The van der Waals surface area contributed by atoms with Gasteiger partial charge in [0, 0.05) is 12.1 Å². The summed E-state index contributed by atoms with van der Waals surface area (Å²) in [4.78, 5) is 2.10. The summed E-state index contributed by atoms with van der Waals surface area (Å²) in [5.74, 6) is 1.15. The Hall–Kier alpha value is -1.72. The molecule has 1 heterocycles. The van der Waals surface area contributed by atoms with Crippen LogP contribution in [0, 0.1) is 13.8 Å². The molecule has 120 valence electrons. The maximum absolute atomic E-state index is 9.38. The second kappa shape index (κ2) is 7.03. The Morgan fingerprint density at radius 2 is 1.91 bits per heavy atom. The van der Waals surface area contributed by atoms with Gasteiger partial charge in [-0.25, -0.2) is 0 Å². The molecule has 0 saturated heterocycles. The highest BCUT2D eigenvalue weighted by Gasteiger charge is 2.19. The third kappa shape index (κ3) is 3.93. The van der Waals surface area contributed by atoms with Crippen molar-refractivity contribution >= 4 is 0 Å². The van der Waals surface area contributed by atoms with Gasteiger partial charge in [0.15, 0.2) is 0 Å². The van der Waals surface area contributed by atoms with Gasteiger partial charge < -0.3 is 9.52 Å². The van der Waals surface area contributed by atoms with E-state index in [2.05, 4.69) is 41.1 Å². The number of nitrogens with zero attached hydrogens (tertiary/aromatic N) is 3. The molecule has 1 N–H and O–H groups in total. The number of hydrogen-bond acceptors (Lipinski definition) is 5. The average molecular weight is 303 g/mol. The van der Waals surface area contributed by atoms with Crippen molar-refractivity contribution in [2.75, 3.05) is 13.6 Å². The Morgan fingerprint density at radius 1 is 1.18 bits per heavy atom. The van der Waals surface area contributed by atoms with E-state index in [1.807, 2.05) is 20.0 Å². The molecular weight excluding hydrogens is 278 g/mol. The normalized spacial score (nSPS) is 14.3. The first-order valence-corrected chi connectivity index (χ1v) is 7.67. The molecule has 2 atom stereocenters. The quantitative estimate of drug-likeness (QED) is 0.888. The molecule has 5 nitrogen and oxygen atoms in total. The lowest BCUT2D eigenvalue weighted by Crippen LogP contribution is -2.26. The molecule has 0 radical (unpaired) electrons. The largest absolute Gasteiger partial charge is 0.419 e. The highest BCUT2D eigenvalue weighted by molar-refractivity contribution is 5.55. The number of hydrogen-bond donors (Lipinski definition) is 1. The predicted octanol–water partition coefficient (Wildman–Crippen LogP) is 3.12. The summed E-state index contributed by atoms with van der Waals surface area (Å²) >= 11 is 0. The lowest BCUT2D eigenvalue weighted by atomic mass is 10.1. The molecule has 2 aromatic rings.